The highest BCUT2D eigenvalue weighted by atomic mass is 19.1. The van der Waals surface area contributed by atoms with Gasteiger partial charge in [-0.1, -0.05) is 18.2 Å². The molecule has 0 aliphatic carbocycles. The Morgan fingerprint density at radius 2 is 1.90 bits per heavy atom. The van der Waals surface area contributed by atoms with Gasteiger partial charge in [-0.2, -0.15) is 0 Å². The summed E-state index contributed by atoms with van der Waals surface area (Å²) in [7, 11) is 0. The lowest BCUT2D eigenvalue weighted by Gasteiger charge is -2.15. The standard InChI is InChI=1S/C17H19FO2/c1-11-4-7-16(13(3)19)17(8-11)20-10-14-9-15(18)6-5-12(14)2/h4-9,13,19H,10H2,1-3H3/t13-/m0/s1. The molecule has 2 aromatic carbocycles. The van der Waals surface area contributed by atoms with Gasteiger partial charge in [0.05, 0.1) is 6.10 Å². The molecule has 0 aromatic heterocycles. The van der Waals surface area contributed by atoms with Gasteiger partial charge in [0.15, 0.2) is 0 Å². The van der Waals surface area contributed by atoms with E-state index in [0.717, 1.165) is 22.3 Å². The molecule has 1 atom stereocenters. The van der Waals surface area contributed by atoms with E-state index < -0.39 is 6.10 Å². The van der Waals surface area contributed by atoms with Crippen molar-refractivity contribution in [3.63, 3.8) is 0 Å². The maximum Gasteiger partial charge on any atom is 0.125 e. The second kappa shape index (κ2) is 6.06. The van der Waals surface area contributed by atoms with Crippen molar-refractivity contribution >= 4 is 0 Å². The predicted molar refractivity (Wildman–Crippen MR) is 77.3 cm³/mol. The van der Waals surface area contributed by atoms with Gasteiger partial charge in [-0.3, -0.25) is 0 Å². The first-order valence-electron chi connectivity index (χ1n) is 6.64. The Morgan fingerprint density at radius 1 is 1.15 bits per heavy atom. The van der Waals surface area contributed by atoms with Crippen LogP contribution >= 0.6 is 0 Å². The number of ether oxygens (including phenoxy) is 1. The summed E-state index contributed by atoms with van der Waals surface area (Å²) in [5, 5.41) is 9.75. The largest absolute Gasteiger partial charge is 0.489 e. The number of benzene rings is 2. The van der Waals surface area contributed by atoms with E-state index in [4.69, 9.17) is 4.74 Å². The molecule has 0 heterocycles. The number of rotatable bonds is 4. The third-order valence-electron chi connectivity index (χ3n) is 3.31. The zero-order valence-electron chi connectivity index (χ0n) is 12.0. The molecule has 0 bridgehead atoms. The highest BCUT2D eigenvalue weighted by Crippen LogP contribution is 2.27. The van der Waals surface area contributed by atoms with E-state index in [1.54, 1.807) is 13.0 Å². The third kappa shape index (κ3) is 3.36. The summed E-state index contributed by atoms with van der Waals surface area (Å²) in [5.74, 6) is 0.373. The van der Waals surface area contributed by atoms with Crippen LogP contribution in [0.25, 0.3) is 0 Å². The molecule has 0 amide bonds. The van der Waals surface area contributed by atoms with Crippen molar-refractivity contribution in [1.29, 1.82) is 0 Å². The minimum Gasteiger partial charge on any atom is -0.489 e. The molecule has 0 radical (unpaired) electrons. The number of aliphatic hydroxyl groups is 1. The molecule has 0 saturated carbocycles. The van der Waals surface area contributed by atoms with Gasteiger partial charge in [-0.15, -0.1) is 0 Å². The Hall–Kier alpha value is -1.87. The third-order valence-corrected chi connectivity index (χ3v) is 3.31. The fraction of sp³-hybridized carbons (Fsp3) is 0.294. The Bertz CT molecular complexity index is 606. The summed E-state index contributed by atoms with van der Waals surface area (Å²) in [6.07, 6.45) is -0.598. The van der Waals surface area contributed by atoms with Crippen molar-refractivity contribution < 1.29 is 14.2 Å². The Balaban J connectivity index is 2.22. The average molecular weight is 274 g/mol. The molecular weight excluding hydrogens is 255 g/mol. The van der Waals surface area contributed by atoms with Crippen molar-refractivity contribution in [2.24, 2.45) is 0 Å². The molecule has 0 spiro atoms. The van der Waals surface area contributed by atoms with E-state index in [1.165, 1.54) is 12.1 Å². The molecule has 1 N–H and O–H groups in total. The van der Waals surface area contributed by atoms with Crippen LogP contribution in [0.15, 0.2) is 36.4 Å². The van der Waals surface area contributed by atoms with Crippen molar-refractivity contribution in [2.75, 3.05) is 0 Å². The van der Waals surface area contributed by atoms with Gasteiger partial charge >= 0.3 is 0 Å². The summed E-state index contributed by atoms with van der Waals surface area (Å²) in [4.78, 5) is 0. The topological polar surface area (TPSA) is 29.5 Å². The lowest BCUT2D eigenvalue weighted by atomic mass is 10.1. The molecule has 0 aliphatic heterocycles. The summed E-state index contributed by atoms with van der Waals surface area (Å²) in [6, 6.07) is 10.3. The number of hydrogen-bond acceptors (Lipinski definition) is 2. The number of hydrogen-bond donors (Lipinski definition) is 1. The van der Waals surface area contributed by atoms with E-state index in [2.05, 4.69) is 0 Å². The number of aryl methyl sites for hydroxylation is 2. The zero-order chi connectivity index (χ0) is 14.7. The van der Waals surface area contributed by atoms with Crippen molar-refractivity contribution in [3.05, 3.63) is 64.5 Å². The van der Waals surface area contributed by atoms with Gasteiger partial charge < -0.3 is 9.84 Å². The molecule has 0 fully saturated rings. The van der Waals surface area contributed by atoms with Crippen LogP contribution in [0.1, 0.15) is 35.3 Å². The molecule has 0 unspecified atom stereocenters. The van der Waals surface area contributed by atoms with E-state index in [-0.39, 0.29) is 12.4 Å². The SMILES string of the molecule is Cc1ccc([C@H](C)O)c(OCc2cc(F)ccc2C)c1. The quantitative estimate of drug-likeness (QED) is 0.910. The second-order valence-electron chi connectivity index (χ2n) is 5.08. The predicted octanol–water partition coefficient (Wildman–Crippen LogP) is 4.07. The first-order valence-corrected chi connectivity index (χ1v) is 6.64. The molecule has 2 rings (SSSR count). The van der Waals surface area contributed by atoms with Crippen LogP contribution in [0, 0.1) is 19.7 Å². The van der Waals surface area contributed by atoms with Gasteiger partial charge in [0.2, 0.25) is 0 Å². The molecule has 0 saturated heterocycles. The first-order chi connectivity index (χ1) is 9.47. The normalized spacial score (nSPS) is 12.2. The van der Waals surface area contributed by atoms with Crippen LogP contribution in [0.5, 0.6) is 5.75 Å². The number of halogens is 1. The van der Waals surface area contributed by atoms with Gasteiger partial charge in [0, 0.05) is 5.56 Å². The molecule has 2 aromatic rings. The number of aliphatic hydroxyl groups excluding tert-OH is 1. The highest BCUT2D eigenvalue weighted by molar-refractivity contribution is 5.39. The van der Waals surface area contributed by atoms with Crippen LogP contribution in [0.4, 0.5) is 4.39 Å². The second-order valence-corrected chi connectivity index (χ2v) is 5.08. The van der Waals surface area contributed by atoms with E-state index in [9.17, 15) is 9.50 Å². The smallest absolute Gasteiger partial charge is 0.125 e. The van der Waals surface area contributed by atoms with Crippen LogP contribution in [-0.4, -0.2) is 5.11 Å². The summed E-state index contributed by atoms with van der Waals surface area (Å²) < 4.78 is 19.0. The molecule has 2 nitrogen and oxygen atoms in total. The minimum absolute atomic E-state index is 0.269. The zero-order valence-corrected chi connectivity index (χ0v) is 12.0. The van der Waals surface area contributed by atoms with Gasteiger partial charge in [0.25, 0.3) is 0 Å². The van der Waals surface area contributed by atoms with Crippen molar-refractivity contribution in [2.45, 2.75) is 33.5 Å². The maximum atomic E-state index is 13.2. The average Bonchev–Trinajstić information content (AvgIpc) is 2.39. The van der Waals surface area contributed by atoms with Crippen LogP contribution < -0.4 is 4.74 Å². The first kappa shape index (κ1) is 14.5. The lowest BCUT2D eigenvalue weighted by Crippen LogP contribution is -2.03. The Kier molecular flexibility index (Phi) is 4.40. The molecule has 0 aliphatic rings. The Labute approximate surface area is 118 Å². The van der Waals surface area contributed by atoms with Crippen molar-refractivity contribution in [1.82, 2.24) is 0 Å². The summed E-state index contributed by atoms with van der Waals surface area (Å²) in [5.41, 5.74) is 3.59. The maximum absolute atomic E-state index is 13.2. The van der Waals surface area contributed by atoms with Crippen molar-refractivity contribution in [3.8, 4) is 5.75 Å². The van der Waals surface area contributed by atoms with Gasteiger partial charge in [0.1, 0.15) is 18.2 Å². The Morgan fingerprint density at radius 3 is 2.60 bits per heavy atom. The minimum atomic E-state index is -0.598. The van der Waals surface area contributed by atoms with Gasteiger partial charge in [-0.05, 0) is 55.7 Å². The van der Waals surface area contributed by atoms with E-state index in [1.807, 2.05) is 32.0 Å². The van der Waals surface area contributed by atoms with E-state index >= 15 is 0 Å². The molecular formula is C17H19FO2. The molecule has 3 heteroatoms. The van der Waals surface area contributed by atoms with Crippen LogP contribution in [-0.2, 0) is 6.61 Å². The van der Waals surface area contributed by atoms with Crippen LogP contribution in [0.3, 0.4) is 0 Å². The highest BCUT2D eigenvalue weighted by Gasteiger charge is 2.10. The summed E-state index contributed by atoms with van der Waals surface area (Å²) in [6.45, 7) is 5.87. The molecule has 20 heavy (non-hydrogen) atoms. The lowest BCUT2D eigenvalue weighted by molar-refractivity contribution is 0.190. The fourth-order valence-electron chi connectivity index (χ4n) is 2.06. The molecule has 106 valence electrons. The van der Waals surface area contributed by atoms with Crippen LogP contribution in [0.2, 0.25) is 0 Å². The van der Waals surface area contributed by atoms with Gasteiger partial charge in [-0.25, -0.2) is 4.39 Å². The van der Waals surface area contributed by atoms with E-state index in [0.29, 0.717) is 5.75 Å². The fourth-order valence-corrected chi connectivity index (χ4v) is 2.06. The summed E-state index contributed by atoms with van der Waals surface area (Å²) >= 11 is 0. The monoisotopic (exact) mass is 274 g/mol.